The molecule has 0 spiro atoms. The second kappa shape index (κ2) is 9.45. The molecular formula is C26H29N5OS. The van der Waals surface area contributed by atoms with E-state index in [1.54, 1.807) is 11.3 Å². The van der Waals surface area contributed by atoms with Crippen molar-refractivity contribution in [3.8, 4) is 11.6 Å². The van der Waals surface area contributed by atoms with Crippen LogP contribution in [0.5, 0.6) is 11.6 Å². The van der Waals surface area contributed by atoms with Gasteiger partial charge in [0.1, 0.15) is 10.4 Å². The molecule has 1 saturated heterocycles. The Morgan fingerprint density at radius 1 is 1.03 bits per heavy atom. The van der Waals surface area contributed by atoms with Crippen molar-refractivity contribution in [2.45, 2.75) is 46.2 Å². The zero-order valence-electron chi connectivity index (χ0n) is 19.3. The normalized spacial score (nSPS) is 15.1. The zero-order chi connectivity index (χ0) is 22.8. The quantitative estimate of drug-likeness (QED) is 0.388. The Hall–Kier alpha value is -3.03. The molecule has 4 heterocycles. The summed E-state index contributed by atoms with van der Waals surface area (Å²) in [6.45, 7) is 9.34. The van der Waals surface area contributed by atoms with Gasteiger partial charge >= 0.3 is 0 Å². The number of thiophene rings is 1. The first-order chi connectivity index (χ1) is 16.0. The fourth-order valence-corrected chi connectivity index (χ4v) is 5.31. The fourth-order valence-electron chi connectivity index (χ4n) is 4.56. The second-order valence-corrected chi connectivity index (χ2v) is 9.78. The van der Waals surface area contributed by atoms with Crippen molar-refractivity contribution < 1.29 is 4.74 Å². The van der Waals surface area contributed by atoms with E-state index in [-0.39, 0.29) is 0 Å². The van der Waals surface area contributed by atoms with Gasteiger partial charge in [-0.25, -0.2) is 4.98 Å². The van der Waals surface area contributed by atoms with Crippen LogP contribution in [0.4, 0.5) is 5.95 Å². The van der Waals surface area contributed by atoms with Crippen molar-refractivity contribution in [3.63, 3.8) is 0 Å². The number of rotatable bonds is 6. The number of benzene rings is 1. The highest BCUT2D eigenvalue weighted by atomic mass is 32.1. The van der Waals surface area contributed by atoms with Gasteiger partial charge in [0.05, 0.1) is 5.52 Å². The largest absolute Gasteiger partial charge is 0.437 e. The van der Waals surface area contributed by atoms with Gasteiger partial charge in [0, 0.05) is 38.1 Å². The molecule has 0 aliphatic carbocycles. The molecule has 5 rings (SSSR count). The topological polar surface area (TPSA) is 63.2 Å². The summed E-state index contributed by atoms with van der Waals surface area (Å²) in [5.74, 6) is 2.15. The van der Waals surface area contributed by atoms with Gasteiger partial charge < -0.3 is 10.1 Å². The van der Waals surface area contributed by atoms with Crippen molar-refractivity contribution in [3.05, 3.63) is 70.4 Å². The minimum atomic E-state index is 0.352. The van der Waals surface area contributed by atoms with Gasteiger partial charge in [-0.3, -0.25) is 9.88 Å². The maximum absolute atomic E-state index is 6.39. The molecule has 4 aromatic rings. The van der Waals surface area contributed by atoms with Gasteiger partial charge in [-0.15, -0.1) is 11.3 Å². The van der Waals surface area contributed by atoms with Gasteiger partial charge in [0.15, 0.2) is 0 Å². The van der Waals surface area contributed by atoms with Crippen LogP contribution in [-0.4, -0.2) is 39.0 Å². The fraction of sp³-hybridized carbons (Fsp3) is 0.346. The van der Waals surface area contributed by atoms with Crippen LogP contribution in [0.2, 0.25) is 0 Å². The highest BCUT2D eigenvalue weighted by Crippen LogP contribution is 2.35. The van der Waals surface area contributed by atoms with E-state index in [9.17, 15) is 0 Å². The molecule has 0 radical (unpaired) electrons. The van der Waals surface area contributed by atoms with Crippen molar-refractivity contribution in [2.75, 3.05) is 18.4 Å². The van der Waals surface area contributed by atoms with E-state index in [4.69, 9.17) is 14.7 Å². The van der Waals surface area contributed by atoms with Crippen LogP contribution in [0.15, 0.2) is 48.1 Å². The predicted octanol–water partition coefficient (Wildman–Crippen LogP) is 5.88. The Bertz CT molecular complexity index is 1230. The molecule has 170 valence electrons. The van der Waals surface area contributed by atoms with Crippen molar-refractivity contribution >= 4 is 27.5 Å². The SMILES string of the molecule is Cc1cc(C)c(Oc2nc(NC3CCN(Cc4ccncc4)CC3)nc3ccsc23)c(C)c1. The van der Waals surface area contributed by atoms with Gasteiger partial charge in [0.2, 0.25) is 11.8 Å². The first-order valence-electron chi connectivity index (χ1n) is 11.4. The molecule has 1 fully saturated rings. The molecule has 0 amide bonds. The lowest BCUT2D eigenvalue weighted by molar-refractivity contribution is 0.211. The van der Waals surface area contributed by atoms with Crippen LogP contribution in [0, 0.1) is 20.8 Å². The predicted molar refractivity (Wildman–Crippen MR) is 134 cm³/mol. The Kier molecular flexibility index (Phi) is 6.24. The molecule has 1 aliphatic rings. The summed E-state index contributed by atoms with van der Waals surface area (Å²) in [5, 5.41) is 5.62. The molecule has 0 unspecified atom stereocenters. The number of anilines is 1. The highest BCUT2D eigenvalue weighted by Gasteiger charge is 2.21. The third-order valence-electron chi connectivity index (χ3n) is 6.15. The van der Waals surface area contributed by atoms with E-state index < -0.39 is 0 Å². The number of ether oxygens (including phenoxy) is 1. The number of hydrogen-bond acceptors (Lipinski definition) is 7. The lowest BCUT2D eigenvalue weighted by Crippen LogP contribution is -2.39. The third kappa shape index (κ3) is 4.99. The number of nitrogens with one attached hydrogen (secondary N) is 1. The molecular weight excluding hydrogens is 430 g/mol. The number of aryl methyl sites for hydroxylation is 3. The molecule has 3 aromatic heterocycles. The molecule has 6 nitrogen and oxygen atoms in total. The zero-order valence-corrected chi connectivity index (χ0v) is 20.2. The van der Waals surface area contributed by atoms with E-state index >= 15 is 0 Å². The number of aromatic nitrogens is 3. The number of pyridine rings is 1. The van der Waals surface area contributed by atoms with Crippen LogP contribution in [0.3, 0.4) is 0 Å². The number of nitrogens with zero attached hydrogens (tertiary/aromatic N) is 4. The Labute approximate surface area is 198 Å². The van der Waals surface area contributed by atoms with Crippen LogP contribution >= 0.6 is 11.3 Å². The Morgan fingerprint density at radius 2 is 1.76 bits per heavy atom. The number of piperidine rings is 1. The van der Waals surface area contributed by atoms with Gasteiger partial charge in [-0.1, -0.05) is 17.7 Å². The van der Waals surface area contributed by atoms with Gasteiger partial charge in [-0.2, -0.15) is 4.98 Å². The molecule has 0 saturated carbocycles. The molecule has 7 heteroatoms. The molecule has 1 aliphatic heterocycles. The summed E-state index contributed by atoms with van der Waals surface area (Å²) >= 11 is 1.62. The standard InChI is InChI=1S/C26H29N5OS/c1-17-14-18(2)23(19(3)15-17)32-25-24-22(8-13-33-24)29-26(30-25)28-21-6-11-31(12-7-21)16-20-4-9-27-10-5-20/h4-5,8-10,13-15,21H,6-7,11-12,16H2,1-3H3,(H,28,29,30). The molecule has 1 aromatic carbocycles. The van der Waals surface area contributed by atoms with Crippen molar-refractivity contribution in [1.82, 2.24) is 19.9 Å². The van der Waals surface area contributed by atoms with Crippen LogP contribution in [-0.2, 0) is 6.54 Å². The molecule has 0 bridgehead atoms. The van der Waals surface area contributed by atoms with Gasteiger partial charge in [0.25, 0.3) is 0 Å². The van der Waals surface area contributed by atoms with Crippen molar-refractivity contribution in [1.29, 1.82) is 0 Å². The minimum absolute atomic E-state index is 0.352. The van der Waals surface area contributed by atoms with E-state index in [0.717, 1.165) is 59.6 Å². The first-order valence-corrected chi connectivity index (χ1v) is 12.3. The number of hydrogen-bond donors (Lipinski definition) is 1. The Morgan fingerprint density at radius 3 is 2.48 bits per heavy atom. The van der Waals surface area contributed by atoms with E-state index in [1.807, 2.05) is 23.8 Å². The van der Waals surface area contributed by atoms with E-state index in [1.165, 1.54) is 11.1 Å². The third-order valence-corrected chi connectivity index (χ3v) is 7.04. The smallest absolute Gasteiger partial charge is 0.242 e. The maximum atomic E-state index is 6.39. The first kappa shape index (κ1) is 21.8. The van der Waals surface area contributed by atoms with E-state index in [2.05, 4.69) is 60.2 Å². The molecule has 1 N–H and O–H groups in total. The summed E-state index contributed by atoms with van der Waals surface area (Å²) in [6.07, 6.45) is 5.84. The lowest BCUT2D eigenvalue weighted by atomic mass is 10.0. The Balaban J connectivity index is 1.30. The summed E-state index contributed by atoms with van der Waals surface area (Å²) < 4.78 is 7.36. The van der Waals surface area contributed by atoms with Crippen LogP contribution < -0.4 is 10.1 Å². The summed E-state index contributed by atoms with van der Waals surface area (Å²) in [7, 11) is 0. The number of likely N-dealkylation sites (tertiary alicyclic amines) is 1. The summed E-state index contributed by atoms with van der Waals surface area (Å²) in [5.41, 5.74) is 5.70. The number of fused-ring (bicyclic) bond motifs is 1. The van der Waals surface area contributed by atoms with Crippen LogP contribution in [0.25, 0.3) is 10.2 Å². The maximum Gasteiger partial charge on any atom is 0.242 e. The minimum Gasteiger partial charge on any atom is -0.437 e. The van der Waals surface area contributed by atoms with Crippen molar-refractivity contribution in [2.24, 2.45) is 0 Å². The average molecular weight is 460 g/mol. The van der Waals surface area contributed by atoms with Gasteiger partial charge in [-0.05, 0) is 73.9 Å². The summed E-state index contributed by atoms with van der Waals surface area (Å²) in [6, 6.07) is 10.9. The van der Waals surface area contributed by atoms with E-state index in [0.29, 0.717) is 17.9 Å². The average Bonchev–Trinajstić information content (AvgIpc) is 3.27. The lowest BCUT2D eigenvalue weighted by Gasteiger charge is -2.32. The summed E-state index contributed by atoms with van der Waals surface area (Å²) in [4.78, 5) is 16.2. The molecule has 33 heavy (non-hydrogen) atoms. The monoisotopic (exact) mass is 459 g/mol. The second-order valence-electron chi connectivity index (χ2n) is 8.87. The van der Waals surface area contributed by atoms with Crippen LogP contribution in [0.1, 0.15) is 35.1 Å². The molecule has 0 atom stereocenters. The highest BCUT2D eigenvalue weighted by molar-refractivity contribution is 7.17.